The molecule has 1 N–H and O–H groups in total. The Morgan fingerprint density at radius 1 is 1.40 bits per heavy atom. The monoisotopic (exact) mass is 205 g/mol. The van der Waals surface area contributed by atoms with E-state index in [4.69, 9.17) is 0 Å². The van der Waals surface area contributed by atoms with Gasteiger partial charge in [0.15, 0.2) is 0 Å². The molecule has 0 aromatic heterocycles. The summed E-state index contributed by atoms with van der Waals surface area (Å²) in [5, 5.41) is 2.66. The molecule has 0 bridgehead atoms. The first kappa shape index (κ1) is 11.4. The fourth-order valence-corrected chi connectivity index (χ4v) is 1.31. The van der Waals surface area contributed by atoms with E-state index >= 15 is 0 Å². The van der Waals surface area contributed by atoms with Gasteiger partial charge in [0.25, 0.3) is 0 Å². The lowest BCUT2D eigenvalue weighted by Gasteiger charge is -2.11. The van der Waals surface area contributed by atoms with E-state index in [-0.39, 0.29) is 5.91 Å². The van der Waals surface area contributed by atoms with Crippen LogP contribution in [0, 0.1) is 0 Å². The first-order chi connectivity index (χ1) is 7.26. The highest BCUT2D eigenvalue weighted by atomic mass is 16.2. The predicted octanol–water partition coefficient (Wildman–Crippen LogP) is 1.32. The van der Waals surface area contributed by atoms with E-state index in [0.29, 0.717) is 12.8 Å². The lowest BCUT2D eigenvalue weighted by molar-refractivity contribution is -0.123. The third-order valence-electron chi connectivity index (χ3n) is 2.13. The van der Waals surface area contributed by atoms with Crippen LogP contribution in [0.5, 0.6) is 0 Å². The third-order valence-corrected chi connectivity index (χ3v) is 2.13. The Labute approximate surface area is 89.5 Å². The molecule has 1 aromatic carbocycles. The summed E-state index contributed by atoms with van der Waals surface area (Å²) >= 11 is 0. The average molecular weight is 205 g/mol. The van der Waals surface area contributed by atoms with Crippen LogP contribution in [0.3, 0.4) is 0 Å². The van der Waals surface area contributed by atoms with E-state index in [9.17, 15) is 9.59 Å². The number of amides is 1. The second kappa shape index (κ2) is 5.96. The Morgan fingerprint density at radius 2 is 2.07 bits per heavy atom. The SMILES string of the molecule is CCC(=O)N[C@H](C=O)Cc1ccccc1. The van der Waals surface area contributed by atoms with Gasteiger partial charge in [-0.2, -0.15) is 0 Å². The normalized spacial score (nSPS) is 11.8. The number of benzene rings is 1. The van der Waals surface area contributed by atoms with Crippen molar-refractivity contribution in [3.05, 3.63) is 35.9 Å². The number of carbonyl (C=O) groups excluding carboxylic acids is 2. The molecule has 0 heterocycles. The molecule has 0 saturated carbocycles. The smallest absolute Gasteiger partial charge is 0.220 e. The van der Waals surface area contributed by atoms with E-state index in [1.165, 1.54) is 0 Å². The van der Waals surface area contributed by atoms with E-state index in [1.54, 1.807) is 6.92 Å². The quantitative estimate of drug-likeness (QED) is 0.737. The van der Waals surface area contributed by atoms with Crippen LogP contribution in [-0.4, -0.2) is 18.2 Å². The topological polar surface area (TPSA) is 46.2 Å². The van der Waals surface area contributed by atoms with Crippen LogP contribution in [0.15, 0.2) is 30.3 Å². The van der Waals surface area contributed by atoms with Crippen LogP contribution >= 0.6 is 0 Å². The van der Waals surface area contributed by atoms with Crippen molar-refractivity contribution in [1.82, 2.24) is 5.32 Å². The van der Waals surface area contributed by atoms with E-state index in [2.05, 4.69) is 5.32 Å². The van der Waals surface area contributed by atoms with Gasteiger partial charge < -0.3 is 10.1 Å². The molecule has 1 amide bonds. The summed E-state index contributed by atoms with van der Waals surface area (Å²) in [7, 11) is 0. The highest BCUT2D eigenvalue weighted by Crippen LogP contribution is 2.01. The highest BCUT2D eigenvalue weighted by Gasteiger charge is 2.10. The van der Waals surface area contributed by atoms with Gasteiger partial charge >= 0.3 is 0 Å². The molecule has 3 nitrogen and oxygen atoms in total. The van der Waals surface area contributed by atoms with Crippen LogP contribution in [0.4, 0.5) is 0 Å². The van der Waals surface area contributed by atoms with Gasteiger partial charge in [0.1, 0.15) is 6.29 Å². The summed E-state index contributed by atoms with van der Waals surface area (Å²) in [6, 6.07) is 9.21. The van der Waals surface area contributed by atoms with Crippen LogP contribution in [0.25, 0.3) is 0 Å². The summed E-state index contributed by atoms with van der Waals surface area (Å²) in [6.07, 6.45) is 1.73. The van der Waals surface area contributed by atoms with Crippen molar-refractivity contribution in [2.24, 2.45) is 0 Å². The van der Waals surface area contributed by atoms with Crippen LogP contribution < -0.4 is 5.32 Å². The summed E-state index contributed by atoms with van der Waals surface area (Å²) in [6.45, 7) is 1.76. The van der Waals surface area contributed by atoms with E-state index in [0.717, 1.165) is 11.8 Å². The molecule has 1 rings (SSSR count). The summed E-state index contributed by atoms with van der Waals surface area (Å²) in [4.78, 5) is 21.8. The highest BCUT2D eigenvalue weighted by molar-refractivity contribution is 5.79. The largest absolute Gasteiger partial charge is 0.346 e. The van der Waals surface area contributed by atoms with Crippen molar-refractivity contribution >= 4 is 12.2 Å². The van der Waals surface area contributed by atoms with Crippen molar-refractivity contribution in [3.8, 4) is 0 Å². The van der Waals surface area contributed by atoms with Crippen LogP contribution in [0.1, 0.15) is 18.9 Å². The van der Waals surface area contributed by atoms with Crippen LogP contribution in [0.2, 0.25) is 0 Å². The molecule has 3 heteroatoms. The Morgan fingerprint density at radius 3 is 2.60 bits per heavy atom. The first-order valence-electron chi connectivity index (χ1n) is 5.04. The zero-order chi connectivity index (χ0) is 11.1. The summed E-state index contributed by atoms with van der Waals surface area (Å²) in [5.74, 6) is -0.0944. The van der Waals surface area contributed by atoms with Gasteiger partial charge in [-0.05, 0) is 12.0 Å². The van der Waals surface area contributed by atoms with Crippen molar-refractivity contribution in [2.75, 3.05) is 0 Å². The molecule has 0 aliphatic rings. The van der Waals surface area contributed by atoms with E-state index < -0.39 is 6.04 Å². The molecule has 0 fully saturated rings. The van der Waals surface area contributed by atoms with Gasteiger partial charge in [0.05, 0.1) is 6.04 Å². The molecule has 0 radical (unpaired) electrons. The molecular formula is C12H15NO2. The predicted molar refractivity (Wildman–Crippen MR) is 58.4 cm³/mol. The zero-order valence-electron chi connectivity index (χ0n) is 8.77. The van der Waals surface area contributed by atoms with Gasteiger partial charge in [-0.25, -0.2) is 0 Å². The van der Waals surface area contributed by atoms with Crippen molar-refractivity contribution in [3.63, 3.8) is 0 Å². The van der Waals surface area contributed by atoms with Crippen molar-refractivity contribution < 1.29 is 9.59 Å². The van der Waals surface area contributed by atoms with Gasteiger partial charge in [0.2, 0.25) is 5.91 Å². The zero-order valence-corrected chi connectivity index (χ0v) is 8.77. The maximum absolute atomic E-state index is 11.1. The fourth-order valence-electron chi connectivity index (χ4n) is 1.31. The summed E-state index contributed by atoms with van der Waals surface area (Å²) in [5.41, 5.74) is 1.05. The summed E-state index contributed by atoms with van der Waals surface area (Å²) < 4.78 is 0. The van der Waals surface area contributed by atoms with Crippen LogP contribution in [-0.2, 0) is 16.0 Å². The molecule has 0 aliphatic carbocycles. The number of carbonyl (C=O) groups is 2. The molecule has 0 aliphatic heterocycles. The number of hydrogen-bond donors (Lipinski definition) is 1. The number of aldehydes is 1. The number of rotatable bonds is 5. The third kappa shape index (κ3) is 3.94. The number of hydrogen-bond acceptors (Lipinski definition) is 2. The second-order valence-electron chi connectivity index (χ2n) is 3.35. The first-order valence-corrected chi connectivity index (χ1v) is 5.04. The molecule has 1 atom stereocenters. The maximum atomic E-state index is 11.1. The molecule has 15 heavy (non-hydrogen) atoms. The van der Waals surface area contributed by atoms with Gasteiger partial charge in [-0.3, -0.25) is 4.79 Å². The standard InChI is InChI=1S/C12H15NO2/c1-2-12(15)13-11(9-14)8-10-6-4-3-5-7-10/h3-7,9,11H,2,8H2,1H3,(H,13,15)/t11-/m0/s1. The minimum Gasteiger partial charge on any atom is -0.346 e. The minimum absolute atomic E-state index is 0.0944. The van der Waals surface area contributed by atoms with Gasteiger partial charge in [-0.15, -0.1) is 0 Å². The molecular weight excluding hydrogens is 190 g/mol. The Hall–Kier alpha value is -1.64. The lowest BCUT2D eigenvalue weighted by atomic mass is 10.1. The van der Waals surface area contributed by atoms with Crippen molar-refractivity contribution in [1.29, 1.82) is 0 Å². The van der Waals surface area contributed by atoms with Crippen molar-refractivity contribution in [2.45, 2.75) is 25.8 Å². The number of nitrogens with one attached hydrogen (secondary N) is 1. The fraction of sp³-hybridized carbons (Fsp3) is 0.333. The Bertz CT molecular complexity index is 322. The Kier molecular flexibility index (Phi) is 4.54. The molecule has 1 aromatic rings. The molecule has 80 valence electrons. The molecule has 0 unspecified atom stereocenters. The van der Waals surface area contributed by atoms with Gasteiger partial charge in [0, 0.05) is 6.42 Å². The molecule has 0 saturated heterocycles. The lowest BCUT2D eigenvalue weighted by Crippen LogP contribution is -2.37. The maximum Gasteiger partial charge on any atom is 0.220 e. The minimum atomic E-state index is -0.417. The molecule has 0 spiro atoms. The van der Waals surface area contributed by atoms with E-state index in [1.807, 2.05) is 30.3 Å². The average Bonchev–Trinajstić information content (AvgIpc) is 2.29. The van der Waals surface area contributed by atoms with Gasteiger partial charge in [-0.1, -0.05) is 37.3 Å². The Balaban J connectivity index is 2.54. The second-order valence-corrected chi connectivity index (χ2v) is 3.35.